The van der Waals surface area contributed by atoms with Crippen LogP contribution in [0.4, 0.5) is 0 Å². The Hall–Kier alpha value is 0.0200. The Bertz CT molecular complexity index is 156. The monoisotopic (exact) mass is 193 g/mol. The van der Waals surface area contributed by atoms with Gasteiger partial charge in [0.1, 0.15) is 0 Å². The molecular weight excluding hydrogens is 175 g/mol. The molecule has 0 aromatic carbocycles. The van der Waals surface area contributed by atoms with E-state index in [-0.39, 0.29) is 5.66 Å². The molecule has 0 bridgehead atoms. The second-order valence-corrected chi connectivity index (χ2v) is 5.03. The maximum atomic E-state index is 10.6. The van der Waals surface area contributed by atoms with Gasteiger partial charge in [-0.05, 0) is 37.7 Å². The van der Waals surface area contributed by atoms with Crippen LogP contribution in [-0.4, -0.2) is 21.3 Å². The topological polar surface area (TPSA) is 57.5 Å². The van der Waals surface area contributed by atoms with E-state index >= 15 is 0 Å². The summed E-state index contributed by atoms with van der Waals surface area (Å²) in [5.74, 6) is 0. The lowest BCUT2D eigenvalue weighted by Crippen LogP contribution is -2.23. The van der Waals surface area contributed by atoms with Crippen LogP contribution in [0.3, 0.4) is 0 Å². The van der Waals surface area contributed by atoms with E-state index in [2.05, 4.69) is 0 Å². The van der Waals surface area contributed by atoms with E-state index in [4.69, 9.17) is 4.89 Å². The molecule has 3 unspecified atom stereocenters. The van der Waals surface area contributed by atoms with Crippen LogP contribution in [0, 0.1) is 0 Å². The number of rotatable bonds is 5. The van der Waals surface area contributed by atoms with Gasteiger partial charge in [0.2, 0.25) is 0 Å². The molecule has 3 atom stereocenters. The highest BCUT2D eigenvalue weighted by atomic mass is 31.1. The smallest absolute Gasteiger partial charge is 0.390 e. The predicted octanol–water partition coefficient (Wildman–Crippen LogP) is 2.05. The molecule has 4 heteroatoms. The summed E-state index contributed by atoms with van der Waals surface area (Å²) in [6.45, 7) is 5.39. The second kappa shape index (κ2) is 4.90. The van der Waals surface area contributed by atoms with Crippen molar-refractivity contribution >= 4 is 8.03 Å². The third-order valence-corrected chi connectivity index (χ3v) is 3.25. The van der Waals surface area contributed by atoms with E-state index in [1.807, 2.05) is 6.92 Å². The van der Waals surface area contributed by atoms with Crippen LogP contribution in [0.2, 0.25) is 0 Å². The van der Waals surface area contributed by atoms with Gasteiger partial charge in [0, 0.05) is 0 Å². The van der Waals surface area contributed by atoms with Crippen LogP contribution < -0.4 is 0 Å². The molecule has 0 rings (SSSR count). The Morgan fingerprint density at radius 1 is 1.58 bits per heavy atom. The van der Waals surface area contributed by atoms with Crippen LogP contribution in [0.15, 0.2) is 0 Å². The molecule has 0 aromatic heterocycles. The molecule has 0 saturated heterocycles. The van der Waals surface area contributed by atoms with Crippen molar-refractivity contribution in [3.63, 3.8) is 0 Å². The van der Waals surface area contributed by atoms with Crippen molar-refractivity contribution in [1.29, 1.82) is 0 Å². The number of aliphatic hydroxyl groups is 1. The molecule has 0 fully saturated rings. The van der Waals surface area contributed by atoms with Gasteiger partial charge in [-0.15, -0.1) is 0 Å². The Morgan fingerprint density at radius 3 is 2.42 bits per heavy atom. The zero-order chi connectivity index (χ0) is 9.78. The molecular formula is C8H18O3P+. The van der Waals surface area contributed by atoms with E-state index < -0.39 is 13.6 Å². The summed E-state index contributed by atoms with van der Waals surface area (Å²) < 4.78 is 10.6. The molecule has 72 valence electrons. The van der Waals surface area contributed by atoms with Gasteiger partial charge in [0.15, 0.2) is 5.66 Å². The van der Waals surface area contributed by atoms with Gasteiger partial charge in [-0.3, -0.25) is 0 Å². The number of hydrogen-bond acceptors (Lipinski definition) is 2. The molecule has 0 aliphatic heterocycles. The first-order valence-corrected chi connectivity index (χ1v) is 5.55. The third kappa shape index (κ3) is 4.81. The fraction of sp³-hybridized carbons (Fsp3) is 1.00. The molecule has 0 radical (unpaired) electrons. The maximum absolute atomic E-state index is 10.6. The van der Waals surface area contributed by atoms with Crippen molar-refractivity contribution in [3.8, 4) is 0 Å². The molecule has 0 saturated carbocycles. The Labute approximate surface area is 74.7 Å². The van der Waals surface area contributed by atoms with E-state index in [1.54, 1.807) is 13.8 Å². The SMILES string of the molecule is CCC(C)(O)CCC(C)[P+](=O)O. The van der Waals surface area contributed by atoms with Gasteiger partial charge >= 0.3 is 8.03 Å². The highest BCUT2D eigenvalue weighted by Gasteiger charge is 2.27. The molecule has 0 spiro atoms. The Balaban J connectivity index is 3.75. The maximum Gasteiger partial charge on any atom is 0.508 e. The summed E-state index contributed by atoms with van der Waals surface area (Å²) in [4.78, 5) is 8.72. The molecule has 0 aliphatic rings. The van der Waals surface area contributed by atoms with Crippen molar-refractivity contribution in [1.82, 2.24) is 0 Å². The Kier molecular flexibility index (Phi) is 4.91. The summed E-state index contributed by atoms with van der Waals surface area (Å²) in [6.07, 6.45) is 1.88. The molecule has 0 aromatic rings. The van der Waals surface area contributed by atoms with Crippen LogP contribution in [-0.2, 0) is 4.57 Å². The van der Waals surface area contributed by atoms with E-state index in [9.17, 15) is 9.67 Å². The zero-order valence-electron chi connectivity index (χ0n) is 7.95. The van der Waals surface area contributed by atoms with Crippen LogP contribution in [0.1, 0.15) is 40.0 Å². The Morgan fingerprint density at radius 2 is 2.08 bits per heavy atom. The van der Waals surface area contributed by atoms with Crippen molar-refractivity contribution in [2.24, 2.45) is 0 Å². The molecule has 0 aliphatic carbocycles. The highest BCUT2D eigenvalue weighted by Crippen LogP contribution is 2.28. The first-order chi connectivity index (χ1) is 5.39. The van der Waals surface area contributed by atoms with Crippen LogP contribution in [0.25, 0.3) is 0 Å². The fourth-order valence-electron chi connectivity index (χ4n) is 0.807. The van der Waals surface area contributed by atoms with E-state index in [0.717, 1.165) is 0 Å². The lowest BCUT2D eigenvalue weighted by atomic mass is 9.96. The first kappa shape index (κ1) is 12.0. The summed E-state index contributed by atoms with van der Waals surface area (Å²) in [6, 6.07) is 0. The summed E-state index contributed by atoms with van der Waals surface area (Å²) in [5, 5.41) is 9.58. The lowest BCUT2D eigenvalue weighted by molar-refractivity contribution is 0.0449. The molecule has 12 heavy (non-hydrogen) atoms. The fourth-order valence-corrected chi connectivity index (χ4v) is 1.16. The molecule has 0 amide bonds. The second-order valence-electron chi connectivity index (χ2n) is 3.54. The standard InChI is InChI=1S/C8H17O3P/c1-4-8(3,9)6-5-7(2)12(10)11/h7,9H,4-6H2,1-3H3/p+1. The average Bonchev–Trinajstić information content (AvgIpc) is 2.00. The molecule has 0 heterocycles. The summed E-state index contributed by atoms with van der Waals surface area (Å²) in [5.41, 5.74) is -0.891. The zero-order valence-corrected chi connectivity index (χ0v) is 8.84. The minimum Gasteiger partial charge on any atom is -0.390 e. The van der Waals surface area contributed by atoms with E-state index in [1.165, 1.54) is 0 Å². The van der Waals surface area contributed by atoms with E-state index in [0.29, 0.717) is 19.3 Å². The van der Waals surface area contributed by atoms with Crippen molar-refractivity contribution < 1.29 is 14.6 Å². The van der Waals surface area contributed by atoms with Gasteiger partial charge in [-0.25, -0.2) is 0 Å². The number of hydrogen-bond donors (Lipinski definition) is 2. The minimum atomic E-state index is -2.08. The van der Waals surface area contributed by atoms with Crippen molar-refractivity contribution in [2.75, 3.05) is 0 Å². The molecule has 2 N–H and O–H groups in total. The molecule has 3 nitrogen and oxygen atoms in total. The average molecular weight is 193 g/mol. The van der Waals surface area contributed by atoms with Crippen LogP contribution in [0.5, 0.6) is 0 Å². The van der Waals surface area contributed by atoms with Crippen molar-refractivity contribution in [3.05, 3.63) is 0 Å². The summed E-state index contributed by atoms with van der Waals surface area (Å²) >= 11 is 0. The van der Waals surface area contributed by atoms with Gasteiger partial charge in [-0.1, -0.05) is 6.92 Å². The predicted molar refractivity (Wildman–Crippen MR) is 49.4 cm³/mol. The summed E-state index contributed by atoms with van der Waals surface area (Å²) in [7, 11) is -2.08. The normalized spacial score (nSPS) is 19.9. The first-order valence-electron chi connectivity index (χ1n) is 4.26. The highest BCUT2D eigenvalue weighted by molar-refractivity contribution is 7.38. The quantitative estimate of drug-likeness (QED) is 0.657. The third-order valence-electron chi connectivity index (χ3n) is 2.24. The van der Waals surface area contributed by atoms with Crippen LogP contribution >= 0.6 is 8.03 Å². The van der Waals surface area contributed by atoms with Gasteiger partial charge in [0.25, 0.3) is 0 Å². The van der Waals surface area contributed by atoms with Gasteiger partial charge in [0.05, 0.1) is 5.60 Å². The van der Waals surface area contributed by atoms with Gasteiger partial charge < -0.3 is 5.11 Å². The van der Waals surface area contributed by atoms with Crippen molar-refractivity contribution in [2.45, 2.75) is 51.3 Å². The van der Waals surface area contributed by atoms with Gasteiger partial charge in [-0.2, -0.15) is 4.89 Å². The largest absolute Gasteiger partial charge is 0.508 e. The minimum absolute atomic E-state index is 0.210. The lowest BCUT2D eigenvalue weighted by Gasteiger charge is -2.20.